The van der Waals surface area contributed by atoms with Crippen LogP contribution in [-0.4, -0.2) is 15.0 Å². The van der Waals surface area contributed by atoms with Gasteiger partial charge in [0.15, 0.2) is 17.5 Å². The maximum absolute atomic E-state index is 5.37. The maximum Gasteiger partial charge on any atom is 0.164 e. The van der Waals surface area contributed by atoms with Crippen LogP contribution in [0, 0.1) is 0 Å². The number of hydrogen-bond acceptors (Lipinski definition) is 3. The molecule has 254 valence electrons. The fourth-order valence-corrected chi connectivity index (χ4v) is 7.12. The van der Waals surface area contributed by atoms with Gasteiger partial charge in [-0.2, -0.15) is 0 Å². The summed E-state index contributed by atoms with van der Waals surface area (Å²) in [7, 11) is 0. The van der Waals surface area contributed by atoms with Crippen molar-refractivity contribution in [1.82, 2.24) is 15.0 Å². The summed E-state index contributed by atoms with van der Waals surface area (Å²) in [4.78, 5) is 16.0. The van der Waals surface area contributed by atoms with Crippen LogP contribution in [0.25, 0.3) is 89.8 Å². The molecule has 9 aromatic rings. The van der Waals surface area contributed by atoms with Crippen LogP contribution in [-0.2, 0) is 0 Å². The summed E-state index contributed by atoms with van der Waals surface area (Å²) in [5.74, 6) is 1.84. The number of rotatable bonds is 8. The van der Waals surface area contributed by atoms with Crippen LogP contribution in [0.4, 0.5) is 0 Å². The SMILES string of the molecule is c1ccc(-c2cccc(-c3nc(-c4cc(-c5ccccc5)ccc4-c4ccccc4)nc(-c4ccccc4-c4ccccc4-c4ccccc4)n3)c2)cc1. The first-order chi connectivity index (χ1) is 26.8. The molecule has 1 aromatic heterocycles. The molecule has 0 aliphatic carbocycles. The highest BCUT2D eigenvalue weighted by atomic mass is 15.0. The second-order valence-corrected chi connectivity index (χ2v) is 13.2. The molecule has 0 amide bonds. The van der Waals surface area contributed by atoms with Crippen LogP contribution in [0.1, 0.15) is 0 Å². The van der Waals surface area contributed by atoms with E-state index in [9.17, 15) is 0 Å². The first-order valence-electron chi connectivity index (χ1n) is 18.2. The van der Waals surface area contributed by atoms with E-state index in [4.69, 9.17) is 15.0 Å². The molecule has 0 radical (unpaired) electrons. The van der Waals surface area contributed by atoms with Crippen molar-refractivity contribution < 1.29 is 0 Å². The molecule has 0 saturated heterocycles. The van der Waals surface area contributed by atoms with E-state index in [1.807, 2.05) is 18.2 Å². The summed E-state index contributed by atoms with van der Waals surface area (Å²) in [5.41, 5.74) is 13.9. The quantitative estimate of drug-likeness (QED) is 0.159. The van der Waals surface area contributed by atoms with Crippen LogP contribution in [0.5, 0.6) is 0 Å². The number of aromatic nitrogens is 3. The first kappa shape index (κ1) is 32.7. The van der Waals surface area contributed by atoms with Gasteiger partial charge in [-0.25, -0.2) is 15.0 Å². The molecule has 1 heterocycles. The Hall–Kier alpha value is -7.23. The van der Waals surface area contributed by atoms with Crippen LogP contribution in [0.15, 0.2) is 212 Å². The van der Waals surface area contributed by atoms with Crippen molar-refractivity contribution in [3.63, 3.8) is 0 Å². The van der Waals surface area contributed by atoms with Gasteiger partial charge < -0.3 is 0 Å². The molecule has 0 aliphatic heterocycles. The molecule has 0 aliphatic rings. The largest absolute Gasteiger partial charge is 0.208 e. The predicted molar refractivity (Wildman–Crippen MR) is 223 cm³/mol. The molecule has 0 saturated carbocycles. The summed E-state index contributed by atoms with van der Waals surface area (Å²) in [6.07, 6.45) is 0. The molecule has 0 atom stereocenters. The van der Waals surface area contributed by atoms with Crippen molar-refractivity contribution in [2.24, 2.45) is 0 Å². The van der Waals surface area contributed by atoms with Gasteiger partial charge in [0, 0.05) is 16.7 Å². The van der Waals surface area contributed by atoms with Crippen LogP contribution in [0.2, 0.25) is 0 Å². The maximum atomic E-state index is 5.37. The van der Waals surface area contributed by atoms with Crippen molar-refractivity contribution in [2.45, 2.75) is 0 Å². The van der Waals surface area contributed by atoms with E-state index in [2.05, 4.69) is 194 Å². The molecule has 8 aromatic carbocycles. The Kier molecular flexibility index (Phi) is 8.94. The number of nitrogens with zero attached hydrogens (tertiary/aromatic N) is 3. The number of hydrogen-bond donors (Lipinski definition) is 0. The van der Waals surface area contributed by atoms with E-state index in [0.29, 0.717) is 17.5 Å². The van der Waals surface area contributed by atoms with Crippen molar-refractivity contribution in [1.29, 1.82) is 0 Å². The third kappa shape index (κ3) is 6.63. The molecule has 0 bridgehead atoms. The molecular weight excluding hydrogens is 655 g/mol. The van der Waals surface area contributed by atoms with Crippen molar-refractivity contribution in [3.05, 3.63) is 212 Å². The van der Waals surface area contributed by atoms with Gasteiger partial charge in [0.2, 0.25) is 0 Å². The van der Waals surface area contributed by atoms with Crippen molar-refractivity contribution in [3.8, 4) is 89.8 Å². The average Bonchev–Trinajstić information content (AvgIpc) is 3.27. The Morgan fingerprint density at radius 2 is 0.556 bits per heavy atom. The molecule has 9 rings (SSSR count). The zero-order valence-electron chi connectivity index (χ0n) is 29.5. The van der Waals surface area contributed by atoms with Gasteiger partial charge in [-0.3, -0.25) is 0 Å². The standard InChI is InChI=1S/C51H35N3/c1-5-18-36(19-6-1)40-26-17-27-42(34-40)49-52-50(47-31-16-15-30-46(47)45-29-14-13-28-43(45)38-22-9-3-10-23-38)54-51(53-49)48-35-41(37-20-7-2-8-21-37)32-33-44(48)39-24-11-4-12-25-39/h1-35H. The van der Waals surface area contributed by atoms with E-state index < -0.39 is 0 Å². The lowest BCUT2D eigenvalue weighted by molar-refractivity contribution is 1.07. The molecule has 0 unspecified atom stereocenters. The molecule has 3 nitrogen and oxygen atoms in total. The fourth-order valence-electron chi connectivity index (χ4n) is 7.12. The molecule has 0 fully saturated rings. The average molecular weight is 690 g/mol. The van der Waals surface area contributed by atoms with Gasteiger partial charge in [0.1, 0.15) is 0 Å². The Morgan fingerprint density at radius 3 is 1.13 bits per heavy atom. The fraction of sp³-hybridized carbons (Fsp3) is 0. The molecule has 54 heavy (non-hydrogen) atoms. The smallest absolute Gasteiger partial charge is 0.164 e. The Morgan fingerprint density at radius 1 is 0.185 bits per heavy atom. The van der Waals surface area contributed by atoms with E-state index in [1.54, 1.807) is 0 Å². The van der Waals surface area contributed by atoms with E-state index >= 15 is 0 Å². The van der Waals surface area contributed by atoms with Gasteiger partial charge in [-0.15, -0.1) is 0 Å². The Bertz CT molecular complexity index is 2690. The molecule has 0 spiro atoms. The van der Waals surface area contributed by atoms with Crippen LogP contribution in [0.3, 0.4) is 0 Å². The van der Waals surface area contributed by atoms with Crippen LogP contribution < -0.4 is 0 Å². The van der Waals surface area contributed by atoms with Crippen LogP contribution >= 0.6 is 0 Å². The second kappa shape index (κ2) is 14.8. The zero-order chi connectivity index (χ0) is 36.1. The lowest BCUT2D eigenvalue weighted by Gasteiger charge is -2.16. The third-order valence-corrected chi connectivity index (χ3v) is 9.79. The van der Waals surface area contributed by atoms with E-state index in [1.165, 1.54) is 0 Å². The second-order valence-electron chi connectivity index (χ2n) is 13.2. The van der Waals surface area contributed by atoms with Gasteiger partial charge in [0.25, 0.3) is 0 Å². The highest BCUT2D eigenvalue weighted by Crippen LogP contribution is 2.40. The summed E-state index contributed by atoms with van der Waals surface area (Å²) in [6.45, 7) is 0. The lowest BCUT2D eigenvalue weighted by atomic mass is 9.91. The Labute approximate surface area is 316 Å². The van der Waals surface area contributed by atoms with Gasteiger partial charge >= 0.3 is 0 Å². The number of benzene rings is 8. The third-order valence-electron chi connectivity index (χ3n) is 9.79. The summed E-state index contributed by atoms with van der Waals surface area (Å²) in [6, 6.07) is 74.0. The molecule has 3 heteroatoms. The predicted octanol–water partition coefficient (Wildman–Crippen LogP) is 13.2. The van der Waals surface area contributed by atoms with E-state index in [0.717, 1.165) is 72.3 Å². The first-order valence-corrected chi connectivity index (χ1v) is 18.2. The zero-order valence-corrected chi connectivity index (χ0v) is 29.5. The minimum Gasteiger partial charge on any atom is -0.208 e. The van der Waals surface area contributed by atoms with Gasteiger partial charge in [-0.1, -0.05) is 200 Å². The van der Waals surface area contributed by atoms with Crippen molar-refractivity contribution in [2.75, 3.05) is 0 Å². The summed E-state index contributed by atoms with van der Waals surface area (Å²) >= 11 is 0. The van der Waals surface area contributed by atoms with Gasteiger partial charge in [0.05, 0.1) is 0 Å². The Balaban J connectivity index is 1.30. The minimum absolute atomic E-state index is 0.614. The molecule has 0 N–H and O–H groups in total. The topological polar surface area (TPSA) is 38.7 Å². The highest BCUT2D eigenvalue weighted by molar-refractivity contribution is 5.91. The van der Waals surface area contributed by atoms with E-state index in [-0.39, 0.29) is 0 Å². The van der Waals surface area contributed by atoms with Crippen molar-refractivity contribution >= 4 is 0 Å². The summed E-state index contributed by atoms with van der Waals surface area (Å²) < 4.78 is 0. The summed E-state index contributed by atoms with van der Waals surface area (Å²) in [5, 5.41) is 0. The monoisotopic (exact) mass is 689 g/mol. The lowest BCUT2D eigenvalue weighted by Crippen LogP contribution is -2.02. The normalized spacial score (nSPS) is 11.0. The van der Waals surface area contributed by atoms with Gasteiger partial charge in [-0.05, 0) is 67.8 Å². The molecular formula is C51H35N3. The highest BCUT2D eigenvalue weighted by Gasteiger charge is 2.20. The minimum atomic E-state index is 0.614.